The van der Waals surface area contributed by atoms with Crippen LogP contribution in [0.5, 0.6) is 0 Å². The fraction of sp³-hybridized carbons (Fsp3) is 0.211. The number of fused-ring (bicyclic) bond motifs is 1. The smallest absolute Gasteiger partial charge is 0.266 e. The highest BCUT2D eigenvalue weighted by atomic mass is 32.2. The van der Waals surface area contributed by atoms with E-state index in [-0.39, 0.29) is 18.3 Å². The molecular formula is C19H19FN2O4S2. The van der Waals surface area contributed by atoms with E-state index in [9.17, 15) is 17.6 Å². The van der Waals surface area contributed by atoms with Gasteiger partial charge in [-0.2, -0.15) is 0 Å². The number of anilines is 2. The molecule has 0 saturated heterocycles. The molecule has 1 heterocycles. The lowest BCUT2D eigenvalue weighted by Gasteiger charge is -2.09. The number of halogens is 1. The third-order valence-corrected chi connectivity index (χ3v) is 6.56. The maximum Gasteiger partial charge on any atom is 0.266 e. The van der Waals surface area contributed by atoms with Gasteiger partial charge < -0.3 is 10.1 Å². The molecule has 1 aromatic heterocycles. The van der Waals surface area contributed by atoms with Gasteiger partial charge >= 0.3 is 0 Å². The zero-order valence-corrected chi connectivity index (χ0v) is 16.9. The van der Waals surface area contributed by atoms with E-state index in [0.717, 1.165) is 0 Å². The first-order valence-electron chi connectivity index (χ1n) is 8.45. The number of thiophene rings is 1. The molecule has 0 aliphatic carbocycles. The van der Waals surface area contributed by atoms with Crippen LogP contribution in [0.2, 0.25) is 0 Å². The zero-order valence-electron chi connectivity index (χ0n) is 15.3. The largest absolute Gasteiger partial charge is 0.380 e. The minimum absolute atomic E-state index is 0.0315. The number of amides is 1. The number of ether oxygens (including phenoxy) is 1. The molecule has 0 saturated carbocycles. The van der Waals surface area contributed by atoms with Crippen LogP contribution in [0, 0.1) is 5.82 Å². The second kappa shape index (κ2) is 8.26. The second-order valence-corrected chi connectivity index (χ2v) is 9.06. The van der Waals surface area contributed by atoms with Crippen molar-refractivity contribution in [3.05, 3.63) is 58.7 Å². The molecule has 3 rings (SSSR count). The van der Waals surface area contributed by atoms with E-state index in [1.54, 1.807) is 43.3 Å². The molecule has 2 N–H and O–H groups in total. The number of methoxy groups -OCH3 is 1. The molecule has 148 valence electrons. The minimum Gasteiger partial charge on any atom is -0.380 e. The summed E-state index contributed by atoms with van der Waals surface area (Å²) in [7, 11) is -1.88. The molecule has 0 fully saturated rings. The summed E-state index contributed by atoms with van der Waals surface area (Å²) in [6, 6.07) is 11.0. The van der Waals surface area contributed by atoms with E-state index in [1.807, 2.05) is 0 Å². The normalized spacial score (nSPS) is 11.5. The Bertz CT molecular complexity index is 1110. The van der Waals surface area contributed by atoms with Crippen molar-refractivity contribution in [2.45, 2.75) is 13.5 Å². The maximum absolute atomic E-state index is 14.2. The number of sulfonamides is 1. The van der Waals surface area contributed by atoms with E-state index in [1.165, 1.54) is 24.5 Å². The van der Waals surface area contributed by atoms with Gasteiger partial charge in [-0.3, -0.25) is 9.52 Å². The van der Waals surface area contributed by atoms with Crippen molar-refractivity contribution in [3.63, 3.8) is 0 Å². The van der Waals surface area contributed by atoms with Gasteiger partial charge in [-0.1, -0.05) is 6.07 Å². The van der Waals surface area contributed by atoms with E-state index >= 15 is 0 Å². The molecule has 3 aromatic rings. The quantitative estimate of drug-likeness (QED) is 0.598. The van der Waals surface area contributed by atoms with Crippen molar-refractivity contribution >= 4 is 48.7 Å². The average molecular weight is 423 g/mol. The molecule has 0 aliphatic rings. The molecule has 2 aromatic carbocycles. The number of hydrogen-bond acceptors (Lipinski definition) is 5. The summed E-state index contributed by atoms with van der Waals surface area (Å²) in [6.07, 6.45) is 0. The van der Waals surface area contributed by atoms with Crippen LogP contribution in [0.25, 0.3) is 10.1 Å². The van der Waals surface area contributed by atoms with Crippen molar-refractivity contribution in [3.8, 4) is 0 Å². The lowest BCUT2D eigenvalue weighted by atomic mass is 10.1. The molecule has 0 aliphatic heterocycles. The van der Waals surface area contributed by atoms with Crippen LogP contribution in [0.15, 0.2) is 42.5 Å². The summed E-state index contributed by atoms with van der Waals surface area (Å²) in [5, 5.41) is 3.15. The standard InChI is InChI=1S/C19H19FN2O4S2/c1-3-28(24,25)22-13-9-7-12(8-10-13)21-19(23)18-14(11-26-2)17-15(20)5-4-6-16(17)27-18/h4-10,22H,3,11H2,1-2H3,(H,21,23). The zero-order chi connectivity index (χ0) is 20.3. The molecule has 0 unspecified atom stereocenters. The SMILES string of the molecule is CCS(=O)(=O)Nc1ccc(NC(=O)c2sc3cccc(F)c3c2COC)cc1. The highest BCUT2D eigenvalue weighted by Crippen LogP contribution is 2.34. The minimum atomic E-state index is -3.37. The predicted octanol–water partition coefficient (Wildman–Crippen LogP) is 4.20. The van der Waals surface area contributed by atoms with Gasteiger partial charge in [-0.15, -0.1) is 11.3 Å². The van der Waals surface area contributed by atoms with E-state index in [4.69, 9.17) is 4.74 Å². The first-order chi connectivity index (χ1) is 13.3. The molecule has 6 nitrogen and oxygen atoms in total. The topological polar surface area (TPSA) is 84.5 Å². The van der Waals surface area contributed by atoms with Gasteiger partial charge in [0.05, 0.1) is 17.2 Å². The van der Waals surface area contributed by atoms with Crippen molar-refractivity contribution in [1.82, 2.24) is 0 Å². The fourth-order valence-electron chi connectivity index (χ4n) is 2.69. The summed E-state index contributed by atoms with van der Waals surface area (Å²) < 4.78 is 45.7. The predicted molar refractivity (Wildman–Crippen MR) is 110 cm³/mol. The summed E-state index contributed by atoms with van der Waals surface area (Å²) in [5.74, 6) is -0.807. The van der Waals surface area contributed by atoms with Gasteiger partial charge in [-0.05, 0) is 43.3 Å². The Kier molecular flexibility index (Phi) is 5.97. The Morgan fingerprint density at radius 2 is 1.82 bits per heavy atom. The van der Waals surface area contributed by atoms with Gasteiger partial charge in [0.1, 0.15) is 5.82 Å². The summed E-state index contributed by atoms with van der Waals surface area (Å²) in [6.45, 7) is 1.66. The Morgan fingerprint density at radius 3 is 2.46 bits per heavy atom. The van der Waals surface area contributed by atoms with E-state index in [2.05, 4.69) is 10.0 Å². The van der Waals surface area contributed by atoms with E-state index in [0.29, 0.717) is 31.9 Å². The molecule has 1 amide bonds. The molecule has 28 heavy (non-hydrogen) atoms. The van der Waals surface area contributed by atoms with Crippen LogP contribution in [-0.4, -0.2) is 27.2 Å². The lowest BCUT2D eigenvalue weighted by Crippen LogP contribution is -2.15. The third kappa shape index (κ3) is 4.32. The van der Waals surface area contributed by atoms with E-state index < -0.39 is 15.8 Å². The number of benzene rings is 2. The van der Waals surface area contributed by atoms with Crippen molar-refractivity contribution in [2.24, 2.45) is 0 Å². The summed E-state index contributed by atoms with van der Waals surface area (Å²) in [5.41, 5.74) is 1.40. The van der Waals surface area contributed by atoms with Crippen molar-refractivity contribution in [2.75, 3.05) is 22.9 Å². The molecule has 0 spiro atoms. The van der Waals surface area contributed by atoms with Crippen LogP contribution in [0.1, 0.15) is 22.2 Å². The first kappa shape index (κ1) is 20.2. The number of carbonyl (C=O) groups is 1. The Labute approximate surface area is 166 Å². The number of hydrogen-bond donors (Lipinski definition) is 2. The Morgan fingerprint density at radius 1 is 1.14 bits per heavy atom. The number of carbonyl (C=O) groups excluding carboxylic acids is 1. The monoisotopic (exact) mass is 422 g/mol. The lowest BCUT2D eigenvalue weighted by molar-refractivity contribution is 0.102. The Balaban J connectivity index is 1.85. The number of rotatable bonds is 7. The molecular weight excluding hydrogens is 403 g/mol. The van der Waals surface area contributed by atoms with Gasteiger partial charge in [0, 0.05) is 34.1 Å². The number of nitrogens with one attached hydrogen (secondary N) is 2. The van der Waals surface area contributed by atoms with Gasteiger partial charge in [0.2, 0.25) is 10.0 Å². The summed E-state index contributed by atoms with van der Waals surface area (Å²) >= 11 is 1.20. The van der Waals surface area contributed by atoms with Crippen LogP contribution in [-0.2, 0) is 21.4 Å². The molecule has 0 atom stereocenters. The van der Waals surface area contributed by atoms with Gasteiger partial charge in [-0.25, -0.2) is 12.8 Å². The van der Waals surface area contributed by atoms with Crippen molar-refractivity contribution < 1.29 is 22.3 Å². The van der Waals surface area contributed by atoms with Crippen LogP contribution in [0.3, 0.4) is 0 Å². The molecule has 9 heteroatoms. The third-order valence-electron chi connectivity index (χ3n) is 4.05. The van der Waals surface area contributed by atoms with Gasteiger partial charge in [0.25, 0.3) is 5.91 Å². The highest BCUT2D eigenvalue weighted by molar-refractivity contribution is 7.92. The Hall–Kier alpha value is -2.49. The van der Waals surface area contributed by atoms with Crippen LogP contribution in [0.4, 0.5) is 15.8 Å². The van der Waals surface area contributed by atoms with Crippen molar-refractivity contribution in [1.29, 1.82) is 0 Å². The van der Waals surface area contributed by atoms with Crippen LogP contribution >= 0.6 is 11.3 Å². The molecule has 0 radical (unpaired) electrons. The van der Waals surface area contributed by atoms with Gasteiger partial charge in [0.15, 0.2) is 0 Å². The second-order valence-electron chi connectivity index (χ2n) is 5.99. The summed E-state index contributed by atoms with van der Waals surface area (Å²) in [4.78, 5) is 13.1. The first-order valence-corrected chi connectivity index (χ1v) is 10.9. The molecule has 0 bridgehead atoms. The average Bonchev–Trinajstić information content (AvgIpc) is 3.03. The fourth-order valence-corrected chi connectivity index (χ4v) is 4.45. The maximum atomic E-state index is 14.2. The highest BCUT2D eigenvalue weighted by Gasteiger charge is 2.21. The van der Waals surface area contributed by atoms with Crippen LogP contribution < -0.4 is 10.0 Å².